The van der Waals surface area contributed by atoms with E-state index < -0.39 is 0 Å². The van der Waals surface area contributed by atoms with E-state index >= 15 is 0 Å². The topological polar surface area (TPSA) is 64.6 Å². The minimum Gasteiger partial charge on any atom is -0.396 e. The fourth-order valence-corrected chi connectivity index (χ4v) is 4.13. The molecule has 3 N–H and O–H groups in total. The Kier molecular flexibility index (Phi) is 6.70. The molecule has 2 amide bonds. The van der Waals surface area contributed by atoms with E-state index in [2.05, 4.69) is 27.7 Å². The van der Waals surface area contributed by atoms with E-state index in [1.807, 2.05) is 18.2 Å². The molecule has 3 rings (SSSR count). The van der Waals surface area contributed by atoms with Crippen molar-refractivity contribution >= 4 is 6.03 Å². The number of benzene rings is 1. The molecule has 5 heteroatoms. The highest BCUT2D eigenvalue weighted by Crippen LogP contribution is 2.24. The molecule has 138 valence electrons. The van der Waals surface area contributed by atoms with Gasteiger partial charge in [0.2, 0.25) is 0 Å². The number of rotatable bonds is 6. The molecule has 1 aromatic rings. The van der Waals surface area contributed by atoms with Crippen LogP contribution in [-0.4, -0.2) is 48.3 Å². The quantitative estimate of drug-likeness (QED) is 0.743. The van der Waals surface area contributed by atoms with Gasteiger partial charge in [-0.05, 0) is 44.3 Å². The summed E-state index contributed by atoms with van der Waals surface area (Å²) in [5, 5.41) is 15.8. The average molecular weight is 345 g/mol. The van der Waals surface area contributed by atoms with Crippen LogP contribution in [0.1, 0.15) is 50.1 Å². The minimum absolute atomic E-state index is 0.00420. The Bertz CT molecular complexity index is 531. The third-order valence-electron chi connectivity index (χ3n) is 5.61. The maximum absolute atomic E-state index is 12.6. The van der Waals surface area contributed by atoms with Crippen molar-refractivity contribution in [3.63, 3.8) is 0 Å². The van der Waals surface area contributed by atoms with Crippen molar-refractivity contribution in [3.05, 3.63) is 35.9 Å². The molecule has 1 saturated heterocycles. The summed E-state index contributed by atoms with van der Waals surface area (Å²) in [5.41, 5.74) is 1.15. The fourth-order valence-electron chi connectivity index (χ4n) is 4.13. The van der Waals surface area contributed by atoms with Crippen molar-refractivity contribution in [1.29, 1.82) is 0 Å². The van der Waals surface area contributed by atoms with Crippen LogP contribution in [0, 0.1) is 5.92 Å². The number of hydrogen-bond donors (Lipinski definition) is 3. The van der Waals surface area contributed by atoms with E-state index in [1.165, 1.54) is 12.8 Å². The summed E-state index contributed by atoms with van der Waals surface area (Å²) in [6.45, 7) is 3.23. The van der Waals surface area contributed by atoms with Crippen LogP contribution in [0.3, 0.4) is 0 Å². The van der Waals surface area contributed by atoms with Crippen LogP contribution in [0.15, 0.2) is 30.3 Å². The molecule has 5 nitrogen and oxygen atoms in total. The minimum atomic E-state index is -0.113. The van der Waals surface area contributed by atoms with Gasteiger partial charge in [0.25, 0.3) is 0 Å². The number of nitrogens with one attached hydrogen (secondary N) is 2. The molecule has 3 unspecified atom stereocenters. The van der Waals surface area contributed by atoms with Gasteiger partial charge in [-0.3, -0.25) is 0 Å². The second-order valence-electron chi connectivity index (χ2n) is 7.42. The van der Waals surface area contributed by atoms with E-state index in [9.17, 15) is 9.90 Å². The Morgan fingerprint density at radius 2 is 1.84 bits per heavy atom. The smallest absolute Gasteiger partial charge is 0.315 e. The van der Waals surface area contributed by atoms with Gasteiger partial charge < -0.3 is 20.6 Å². The third kappa shape index (κ3) is 5.19. The van der Waals surface area contributed by atoms with Crippen molar-refractivity contribution in [1.82, 2.24) is 15.5 Å². The van der Waals surface area contributed by atoms with E-state index in [1.54, 1.807) is 0 Å². The molecule has 1 aliphatic heterocycles. The average Bonchev–Trinajstić information content (AvgIpc) is 3.15. The van der Waals surface area contributed by atoms with Gasteiger partial charge in [0.1, 0.15) is 0 Å². The molecule has 2 aliphatic rings. The summed E-state index contributed by atoms with van der Waals surface area (Å²) in [6.07, 6.45) is 6.71. The third-order valence-corrected chi connectivity index (χ3v) is 5.61. The second kappa shape index (κ2) is 9.20. The van der Waals surface area contributed by atoms with Crippen molar-refractivity contribution in [3.8, 4) is 0 Å². The second-order valence-corrected chi connectivity index (χ2v) is 7.42. The van der Waals surface area contributed by atoms with E-state index in [-0.39, 0.29) is 30.6 Å². The van der Waals surface area contributed by atoms with Crippen molar-refractivity contribution in [2.75, 3.05) is 26.2 Å². The highest BCUT2D eigenvalue weighted by atomic mass is 16.3. The van der Waals surface area contributed by atoms with Gasteiger partial charge in [0.15, 0.2) is 0 Å². The zero-order valence-corrected chi connectivity index (χ0v) is 15.0. The maximum atomic E-state index is 12.6. The molecule has 1 saturated carbocycles. The maximum Gasteiger partial charge on any atom is 0.315 e. The molecule has 1 aromatic carbocycles. The van der Waals surface area contributed by atoms with E-state index in [4.69, 9.17) is 0 Å². The molecule has 1 aliphatic carbocycles. The molecule has 0 aromatic heterocycles. The van der Waals surface area contributed by atoms with Crippen LogP contribution in [0.25, 0.3) is 0 Å². The number of carbonyl (C=O) groups is 1. The molecule has 3 atom stereocenters. The van der Waals surface area contributed by atoms with Gasteiger partial charge in [0, 0.05) is 25.1 Å². The lowest BCUT2D eigenvalue weighted by molar-refractivity contribution is 0.152. The lowest BCUT2D eigenvalue weighted by atomic mass is 9.85. The summed E-state index contributed by atoms with van der Waals surface area (Å²) in [7, 11) is 0. The molecular formula is C20H31N3O2. The predicted molar refractivity (Wildman–Crippen MR) is 99.4 cm³/mol. The van der Waals surface area contributed by atoms with Gasteiger partial charge in [-0.2, -0.15) is 0 Å². The zero-order chi connectivity index (χ0) is 17.5. The predicted octanol–water partition coefficient (Wildman–Crippen LogP) is 2.67. The lowest BCUT2D eigenvalue weighted by Crippen LogP contribution is -2.49. The molecule has 0 bridgehead atoms. The number of urea groups is 1. The molecule has 2 fully saturated rings. The summed E-state index contributed by atoms with van der Waals surface area (Å²) < 4.78 is 0. The van der Waals surface area contributed by atoms with Gasteiger partial charge in [0.05, 0.1) is 6.04 Å². The van der Waals surface area contributed by atoms with Gasteiger partial charge in [-0.15, -0.1) is 0 Å². The molecule has 0 spiro atoms. The van der Waals surface area contributed by atoms with Crippen LogP contribution in [0.4, 0.5) is 4.79 Å². The molecule has 25 heavy (non-hydrogen) atoms. The van der Waals surface area contributed by atoms with Crippen LogP contribution in [-0.2, 0) is 0 Å². The zero-order valence-electron chi connectivity index (χ0n) is 15.0. The van der Waals surface area contributed by atoms with E-state index in [0.717, 1.165) is 50.9 Å². The Morgan fingerprint density at radius 1 is 1.12 bits per heavy atom. The van der Waals surface area contributed by atoms with Crippen LogP contribution >= 0.6 is 0 Å². The lowest BCUT2D eigenvalue weighted by Gasteiger charge is -2.32. The SMILES string of the molecule is O=C(NC(CN1CCCC1)c1ccccc1)NC1CCCCC1CO. The highest BCUT2D eigenvalue weighted by Gasteiger charge is 2.27. The first-order valence-electron chi connectivity index (χ1n) is 9.71. The summed E-state index contributed by atoms with van der Waals surface area (Å²) in [5.74, 6) is 0.188. The van der Waals surface area contributed by atoms with Crippen LogP contribution in [0.5, 0.6) is 0 Å². The van der Waals surface area contributed by atoms with Gasteiger partial charge in [-0.25, -0.2) is 4.79 Å². The standard InChI is InChI=1S/C20H31N3O2/c24-15-17-10-4-5-11-18(17)21-20(25)22-19(14-23-12-6-7-13-23)16-8-2-1-3-9-16/h1-3,8-9,17-19,24H,4-7,10-15H2,(H2,21,22,25). The van der Waals surface area contributed by atoms with Crippen LogP contribution in [0.2, 0.25) is 0 Å². The molecular weight excluding hydrogens is 314 g/mol. The van der Waals surface area contributed by atoms with Crippen LogP contribution < -0.4 is 10.6 Å². The normalized spacial score (nSPS) is 25.5. The Labute approximate surface area is 150 Å². The van der Waals surface area contributed by atoms with Crippen molar-refractivity contribution < 1.29 is 9.90 Å². The Hall–Kier alpha value is -1.59. The number of aliphatic hydroxyl groups is 1. The van der Waals surface area contributed by atoms with Gasteiger partial charge in [-0.1, -0.05) is 43.2 Å². The number of nitrogens with zero attached hydrogens (tertiary/aromatic N) is 1. The number of amides is 2. The van der Waals surface area contributed by atoms with E-state index in [0.29, 0.717) is 0 Å². The monoisotopic (exact) mass is 345 g/mol. The molecule has 0 radical (unpaired) electrons. The van der Waals surface area contributed by atoms with Gasteiger partial charge >= 0.3 is 6.03 Å². The number of aliphatic hydroxyl groups excluding tert-OH is 1. The molecule has 1 heterocycles. The summed E-state index contributed by atoms with van der Waals surface area (Å²) in [4.78, 5) is 15.0. The number of carbonyl (C=O) groups excluding carboxylic acids is 1. The van der Waals surface area contributed by atoms with Crippen molar-refractivity contribution in [2.45, 2.75) is 50.6 Å². The Balaban J connectivity index is 1.61. The first-order valence-corrected chi connectivity index (χ1v) is 9.71. The number of likely N-dealkylation sites (tertiary alicyclic amines) is 1. The number of hydrogen-bond acceptors (Lipinski definition) is 3. The Morgan fingerprint density at radius 3 is 2.56 bits per heavy atom. The fraction of sp³-hybridized carbons (Fsp3) is 0.650. The first kappa shape index (κ1) is 18.2. The highest BCUT2D eigenvalue weighted by molar-refractivity contribution is 5.74. The van der Waals surface area contributed by atoms with Crippen molar-refractivity contribution in [2.24, 2.45) is 5.92 Å². The largest absolute Gasteiger partial charge is 0.396 e. The summed E-state index contributed by atoms with van der Waals surface area (Å²) >= 11 is 0. The summed E-state index contributed by atoms with van der Waals surface area (Å²) in [6, 6.07) is 10.2. The first-order chi connectivity index (χ1) is 12.3.